The van der Waals surface area contributed by atoms with Crippen molar-refractivity contribution in [3.05, 3.63) is 65.1 Å². The molecule has 2 aromatic rings. The Labute approximate surface area is 151 Å². The van der Waals surface area contributed by atoms with Gasteiger partial charge in [0.1, 0.15) is 11.5 Å². The monoisotopic (exact) mass is 352 g/mol. The van der Waals surface area contributed by atoms with Crippen LogP contribution in [0.15, 0.2) is 60.0 Å². The first-order valence-corrected chi connectivity index (χ1v) is 8.02. The molecule has 0 radical (unpaired) electrons. The molecule has 1 aliphatic heterocycles. The minimum absolute atomic E-state index is 0.190. The van der Waals surface area contributed by atoms with E-state index in [-0.39, 0.29) is 18.1 Å². The average molecular weight is 353 g/mol. The molecular formula is C19H17ClN4O. The summed E-state index contributed by atoms with van der Waals surface area (Å²) in [6.45, 7) is 0.190. The number of para-hydroxylation sites is 1. The maximum Gasteiger partial charge on any atom is 0.282 e. The van der Waals surface area contributed by atoms with Gasteiger partial charge in [-0.2, -0.15) is 0 Å². The predicted octanol–water partition coefficient (Wildman–Crippen LogP) is 2.81. The van der Waals surface area contributed by atoms with Crippen molar-refractivity contribution in [3.8, 4) is 12.3 Å². The van der Waals surface area contributed by atoms with Gasteiger partial charge in [0.05, 0.1) is 17.9 Å². The highest BCUT2D eigenvalue weighted by Gasteiger charge is 2.31. The van der Waals surface area contributed by atoms with E-state index < -0.39 is 0 Å². The number of benzene rings is 2. The van der Waals surface area contributed by atoms with Gasteiger partial charge in [-0.25, -0.2) is 0 Å². The summed E-state index contributed by atoms with van der Waals surface area (Å²) in [6, 6.07) is 14.7. The number of halogens is 1. The maximum atomic E-state index is 13.3. The summed E-state index contributed by atoms with van der Waals surface area (Å²) in [4.78, 5) is 16.6. The van der Waals surface area contributed by atoms with Crippen LogP contribution in [0.5, 0.6) is 0 Å². The van der Waals surface area contributed by atoms with E-state index in [2.05, 4.69) is 11.2 Å². The highest BCUT2D eigenvalue weighted by molar-refractivity contribution is 6.31. The lowest BCUT2D eigenvalue weighted by Crippen LogP contribution is -2.36. The molecule has 0 aliphatic carbocycles. The Bertz CT molecular complexity index is 886. The van der Waals surface area contributed by atoms with Gasteiger partial charge >= 0.3 is 0 Å². The van der Waals surface area contributed by atoms with Gasteiger partial charge in [0.2, 0.25) is 0 Å². The molecule has 3 rings (SSSR count). The van der Waals surface area contributed by atoms with Gasteiger partial charge in [-0.15, -0.1) is 6.42 Å². The summed E-state index contributed by atoms with van der Waals surface area (Å²) < 4.78 is 0. The van der Waals surface area contributed by atoms with Gasteiger partial charge in [-0.05, 0) is 30.3 Å². The third-order valence-corrected chi connectivity index (χ3v) is 4.19. The summed E-state index contributed by atoms with van der Waals surface area (Å²) in [5.74, 6) is 2.46. The number of anilines is 3. The minimum atomic E-state index is -0.299. The van der Waals surface area contributed by atoms with Crippen LogP contribution in [0.2, 0.25) is 5.02 Å². The molecule has 1 heterocycles. The first-order valence-electron chi connectivity index (χ1n) is 7.64. The number of rotatable bonds is 3. The first-order chi connectivity index (χ1) is 12.0. The fraction of sp³-hybridized carbons (Fsp3) is 0.105. The number of terminal acetylenes is 1. The van der Waals surface area contributed by atoms with Crippen LogP contribution in [0.1, 0.15) is 0 Å². The topological polar surface area (TPSA) is 61.6 Å². The molecule has 0 bridgehead atoms. The molecule has 1 aliphatic rings. The number of hydrogen-bond donors (Lipinski definition) is 2. The highest BCUT2D eigenvalue weighted by Crippen LogP contribution is 2.40. The number of carbonyl (C=O) groups excluding carboxylic acids is 1. The average Bonchev–Trinajstić information content (AvgIpc) is 2.69. The normalized spacial score (nSPS) is 14.0. The fourth-order valence-corrected chi connectivity index (χ4v) is 2.89. The van der Waals surface area contributed by atoms with E-state index in [1.54, 1.807) is 29.0 Å². The zero-order valence-electron chi connectivity index (χ0n) is 13.7. The number of nitrogens with zero attached hydrogens (tertiary/aromatic N) is 2. The van der Waals surface area contributed by atoms with Crippen LogP contribution >= 0.6 is 11.6 Å². The van der Waals surface area contributed by atoms with Crippen molar-refractivity contribution in [2.45, 2.75) is 0 Å². The number of carbonyl (C=O) groups is 1. The second-order valence-electron chi connectivity index (χ2n) is 5.49. The van der Waals surface area contributed by atoms with E-state index in [0.29, 0.717) is 22.2 Å². The van der Waals surface area contributed by atoms with Crippen LogP contribution < -0.4 is 20.9 Å². The second kappa shape index (κ2) is 6.80. The molecule has 0 fully saturated rings. The van der Waals surface area contributed by atoms with Crippen LogP contribution in [-0.2, 0) is 4.79 Å². The Hall–Kier alpha value is -3.10. The van der Waals surface area contributed by atoms with Crippen LogP contribution in [0, 0.1) is 12.3 Å². The van der Waals surface area contributed by atoms with Gasteiger partial charge in [0, 0.05) is 17.8 Å². The molecular weight excluding hydrogens is 336 g/mol. The number of amides is 1. The third kappa shape index (κ3) is 3.00. The maximum absolute atomic E-state index is 13.3. The lowest BCUT2D eigenvalue weighted by Gasteiger charge is -2.25. The van der Waals surface area contributed by atoms with Crippen molar-refractivity contribution in [2.75, 3.05) is 23.4 Å². The fourth-order valence-electron chi connectivity index (χ4n) is 2.73. The minimum Gasteiger partial charge on any atom is -0.383 e. The van der Waals surface area contributed by atoms with E-state index >= 15 is 0 Å². The Kier molecular flexibility index (Phi) is 4.55. The molecule has 0 unspecified atom stereocenters. The zero-order valence-corrected chi connectivity index (χ0v) is 14.4. The lowest BCUT2D eigenvalue weighted by molar-refractivity contribution is -0.114. The first kappa shape index (κ1) is 16.7. The third-order valence-electron chi connectivity index (χ3n) is 3.96. The van der Waals surface area contributed by atoms with Crippen LogP contribution in [0.4, 0.5) is 17.1 Å². The summed E-state index contributed by atoms with van der Waals surface area (Å²) in [5.41, 5.74) is 8.60. The van der Waals surface area contributed by atoms with Crippen molar-refractivity contribution >= 4 is 34.6 Å². The second-order valence-corrected chi connectivity index (χ2v) is 5.92. The molecule has 5 nitrogen and oxygen atoms in total. The van der Waals surface area contributed by atoms with E-state index in [4.69, 9.17) is 23.8 Å². The smallest absolute Gasteiger partial charge is 0.282 e. The summed E-state index contributed by atoms with van der Waals surface area (Å²) in [7, 11) is 1.79. The molecule has 0 saturated carbocycles. The Morgan fingerprint density at radius 2 is 1.92 bits per heavy atom. The predicted molar refractivity (Wildman–Crippen MR) is 101 cm³/mol. The Morgan fingerprint density at radius 3 is 2.60 bits per heavy atom. The van der Waals surface area contributed by atoms with Crippen molar-refractivity contribution in [3.63, 3.8) is 0 Å². The van der Waals surface area contributed by atoms with Crippen molar-refractivity contribution in [2.24, 2.45) is 5.73 Å². The van der Waals surface area contributed by atoms with E-state index in [1.165, 1.54) is 0 Å². The molecule has 0 atom stereocenters. The number of nitrogens with one attached hydrogen (secondary N) is 1. The van der Waals surface area contributed by atoms with Crippen molar-refractivity contribution in [1.29, 1.82) is 0 Å². The van der Waals surface area contributed by atoms with E-state index in [1.807, 2.05) is 36.4 Å². The summed E-state index contributed by atoms with van der Waals surface area (Å²) in [6.07, 6.45) is 5.33. The molecule has 6 heteroatoms. The van der Waals surface area contributed by atoms with Crippen molar-refractivity contribution < 1.29 is 4.79 Å². The standard InChI is InChI=1S/C19H17ClN4O/c1-3-11-22-17-18(21)23(2)15-10-9-13(20)12-16(15)24(19(17)25)14-7-5-4-6-8-14/h1,4-10,12,22H,11,21H2,2H3. The van der Waals surface area contributed by atoms with Gasteiger partial charge in [-0.1, -0.05) is 35.7 Å². The van der Waals surface area contributed by atoms with Gasteiger partial charge in [-0.3, -0.25) is 9.69 Å². The van der Waals surface area contributed by atoms with Crippen LogP contribution in [0.3, 0.4) is 0 Å². The number of nitrogens with two attached hydrogens (primary N) is 1. The quantitative estimate of drug-likeness (QED) is 0.834. The Balaban J connectivity index is 2.24. The van der Waals surface area contributed by atoms with Crippen LogP contribution in [0.25, 0.3) is 0 Å². The van der Waals surface area contributed by atoms with Crippen LogP contribution in [-0.4, -0.2) is 19.5 Å². The molecule has 126 valence electrons. The number of hydrogen-bond acceptors (Lipinski definition) is 4. The lowest BCUT2D eigenvalue weighted by atomic mass is 10.2. The number of fused-ring (bicyclic) bond motifs is 1. The highest BCUT2D eigenvalue weighted by atomic mass is 35.5. The summed E-state index contributed by atoms with van der Waals surface area (Å²) >= 11 is 6.19. The van der Waals surface area contributed by atoms with E-state index in [9.17, 15) is 4.79 Å². The van der Waals surface area contributed by atoms with Crippen molar-refractivity contribution in [1.82, 2.24) is 5.32 Å². The molecule has 0 spiro atoms. The largest absolute Gasteiger partial charge is 0.383 e. The molecule has 3 N–H and O–H groups in total. The van der Waals surface area contributed by atoms with E-state index in [0.717, 1.165) is 5.69 Å². The molecule has 0 saturated heterocycles. The van der Waals surface area contributed by atoms with Gasteiger partial charge in [0.25, 0.3) is 5.91 Å². The zero-order chi connectivity index (χ0) is 18.0. The Morgan fingerprint density at radius 1 is 1.20 bits per heavy atom. The van der Waals surface area contributed by atoms with Gasteiger partial charge < -0.3 is 16.0 Å². The molecule has 0 aromatic heterocycles. The molecule has 25 heavy (non-hydrogen) atoms. The SMILES string of the molecule is C#CCNC1=C(N)N(C)c2ccc(Cl)cc2N(c2ccccc2)C1=O. The van der Waals surface area contributed by atoms with Gasteiger partial charge in [0.15, 0.2) is 0 Å². The molecule has 2 aromatic carbocycles. The molecule has 1 amide bonds. The summed E-state index contributed by atoms with van der Waals surface area (Å²) in [5, 5.41) is 3.47.